The van der Waals surface area contributed by atoms with Gasteiger partial charge in [0, 0.05) is 17.6 Å². The number of amides is 1. The standard InChI is InChI=1S/C15H24N4O/c1-5-17-14(19-15(2,3)4)18-10-11-7-6-8-12(9-11)13(16)20/h6-9H,5,10H2,1-4H3,(H2,16,20)(H2,17,18,19). The molecule has 0 bridgehead atoms. The van der Waals surface area contributed by atoms with Gasteiger partial charge in [-0.3, -0.25) is 4.79 Å². The zero-order valence-electron chi connectivity index (χ0n) is 12.7. The highest BCUT2D eigenvalue weighted by atomic mass is 16.1. The van der Waals surface area contributed by atoms with Crippen LogP contribution >= 0.6 is 0 Å². The minimum absolute atomic E-state index is 0.0594. The minimum atomic E-state index is -0.421. The van der Waals surface area contributed by atoms with Crippen LogP contribution in [0.5, 0.6) is 0 Å². The Morgan fingerprint density at radius 2 is 2.05 bits per heavy atom. The summed E-state index contributed by atoms with van der Waals surface area (Å²) >= 11 is 0. The Morgan fingerprint density at radius 1 is 1.35 bits per heavy atom. The number of primary amides is 1. The lowest BCUT2D eigenvalue weighted by atomic mass is 10.1. The summed E-state index contributed by atoms with van der Waals surface area (Å²) in [5.74, 6) is 0.333. The first-order valence-electron chi connectivity index (χ1n) is 6.77. The number of carbonyl (C=O) groups excluding carboxylic acids is 1. The summed E-state index contributed by atoms with van der Waals surface area (Å²) in [6.45, 7) is 9.54. The lowest BCUT2D eigenvalue weighted by Gasteiger charge is -2.23. The summed E-state index contributed by atoms with van der Waals surface area (Å²) in [5, 5.41) is 6.51. The maximum Gasteiger partial charge on any atom is 0.248 e. The molecule has 1 amide bonds. The lowest BCUT2D eigenvalue weighted by molar-refractivity contribution is 0.1000. The van der Waals surface area contributed by atoms with Gasteiger partial charge in [-0.05, 0) is 45.4 Å². The average Bonchev–Trinajstić information content (AvgIpc) is 2.35. The van der Waals surface area contributed by atoms with Crippen LogP contribution in [0.4, 0.5) is 0 Å². The number of nitrogens with zero attached hydrogens (tertiary/aromatic N) is 1. The third-order valence-corrected chi connectivity index (χ3v) is 2.47. The number of hydrogen-bond donors (Lipinski definition) is 3. The molecule has 5 nitrogen and oxygen atoms in total. The van der Waals surface area contributed by atoms with Gasteiger partial charge in [0.1, 0.15) is 0 Å². The zero-order valence-corrected chi connectivity index (χ0v) is 12.7. The van der Waals surface area contributed by atoms with Crippen molar-refractivity contribution in [2.75, 3.05) is 6.54 Å². The summed E-state index contributed by atoms with van der Waals surface area (Å²) < 4.78 is 0. The van der Waals surface area contributed by atoms with Crippen molar-refractivity contribution in [2.24, 2.45) is 10.7 Å². The molecule has 0 radical (unpaired) electrons. The molecule has 0 saturated carbocycles. The Bertz CT molecular complexity index is 489. The number of nitrogens with one attached hydrogen (secondary N) is 2. The first kappa shape index (κ1) is 16.0. The van der Waals surface area contributed by atoms with Crippen LogP contribution in [0.2, 0.25) is 0 Å². The molecule has 5 heteroatoms. The lowest BCUT2D eigenvalue weighted by Crippen LogP contribution is -2.47. The maximum atomic E-state index is 11.1. The maximum absolute atomic E-state index is 11.1. The number of benzene rings is 1. The summed E-state index contributed by atoms with van der Waals surface area (Å²) in [7, 11) is 0. The van der Waals surface area contributed by atoms with E-state index < -0.39 is 5.91 Å². The molecule has 4 N–H and O–H groups in total. The number of nitrogens with two attached hydrogens (primary N) is 1. The molecular weight excluding hydrogens is 252 g/mol. The van der Waals surface area contributed by atoms with Crippen molar-refractivity contribution in [1.82, 2.24) is 10.6 Å². The summed E-state index contributed by atoms with van der Waals surface area (Å²) in [4.78, 5) is 15.7. The van der Waals surface area contributed by atoms with Crippen molar-refractivity contribution in [3.8, 4) is 0 Å². The molecule has 1 aromatic carbocycles. The molecule has 0 heterocycles. The molecule has 0 aliphatic rings. The Morgan fingerprint density at radius 3 is 2.60 bits per heavy atom. The van der Waals surface area contributed by atoms with Gasteiger partial charge >= 0.3 is 0 Å². The van der Waals surface area contributed by atoms with Gasteiger partial charge < -0.3 is 16.4 Å². The van der Waals surface area contributed by atoms with E-state index in [9.17, 15) is 4.79 Å². The molecule has 0 atom stereocenters. The van der Waals surface area contributed by atoms with E-state index in [4.69, 9.17) is 5.73 Å². The molecule has 0 aliphatic carbocycles. The third-order valence-electron chi connectivity index (χ3n) is 2.47. The van der Waals surface area contributed by atoms with Gasteiger partial charge in [0.2, 0.25) is 5.91 Å². The van der Waals surface area contributed by atoms with Gasteiger partial charge in [0.15, 0.2) is 5.96 Å². The topological polar surface area (TPSA) is 79.5 Å². The van der Waals surface area contributed by atoms with Crippen molar-refractivity contribution in [3.63, 3.8) is 0 Å². The molecular formula is C15H24N4O. The average molecular weight is 276 g/mol. The first-order valence-corrected chi connectivity index (χ1v) is 6.77. The fourth-order valence-corrected chi connectivity index (χ4v) is 1.66. The predicted octanol–water partition coefficient (Wildman–Crippen LogP) is 1.64. The van der Waals surface area contributed by atoms with E-state index >= 15 is 0 Å². The SMILES string of the molecule is CCNC(=NCc1cccc(C(N)=O)c1)NC(C)(C)C. The second-order valence-corrected chi connectivity index (χ2v) is 5.63. The predicted molar refractivity (Wildman–Crippen MR) is 82.7 cm³/mol. The quantitative estimate of drug-likeness (QED) is 0.578. The van der Waals surface area contributed by atoms with Gasteiger partial charge in [-0.25, -0.2) is 4.99 Å². The van der Waals surface area contributed by atoms with Crippen molar-refractivity contribution >= 4 is 11.9 Å². The Labute approximate surface area is 120 Å². The highest BCUT2D eigenvalue weighted by Crippen LogP contribution is 2.06. The van der Waals surface area contributed by atoms with Crippen LogP contribution in [0.3, 0.4) is 0 Å². The largest absolute Gasteiger partial charge is 0.366 e. The van der Waals surface area contributed by atoms with Crippen LogP contribution in [0.15, 0.2) is 29.3 Å². The van der Waals surface area contributed by atoms with E-state index in [0.29, 0.717) is 12.1 Å². The number of rotatable bonds is 4. The molecule has 0 saturated heterocycles. The highest BCUT2D eigenvalue weighted by Gasteiger charge is 2.11. The Hall–Kier alpha value is -2.04. The number of hydrogen-bond acceptors (Lipinski definition) is 2. The van der Waals surface area contributed by atoms with Gasteiger partial charge in [-0.2, -0.15) is 0 Å². The molecule has 0 aromatic heterocycles. The zero-order chi connectivity index (χ0) is 15.2. The molecule has 0 spiro atoms. The van der Waals surface area contributed by atoms with Gasteiger partial charge in [0.25, 0.3) is 0 Å². The minimum Gasteiger partial charge on any atom is -0.366 e. The monoisotopic (exact) mass is 276 g/mol. The van der Waals surface area contributed by atoms with Crippen LogP contribution in [0.25, 0.3) is 0 Å². The second-order valence-electron chi connectivity index (χ2n) is 5.63. The van der Waals surface area contributed by atoms with Crippen molar-refractivity contribution in [1.29, 1.82) is 0 Å². The van der Waals surface area contributed by atoms with E-state index in [1.54, 1.807) is 12.1 Å². The molecule has 0 unspecified atom stereocenters. The van der Waals surface area contributed by atoms with Crippen LogP contribution in [-0.4, -0.2) is 24.0 Å². The first-order chi connectivity index (χ1) is 9.31. The van der Waals surface area contributed by atoms with Crippen molar-refractivity contribution in [2.45, 2.75) is 39.8 Å². The number of aliphatic imine (C=N–C) groups is 1. The van der Waals surface area contributed by atoms with E-state index in [1.165, 1.54) is 0 Å². The van der Waals surface area contributed by atoms with Crippen LogP contribution in [-0.2, 0) is 6.54 Å². The smallest absolute Gasteiger partial charge is 0.248 e. The van der Waals surface area contributed by atoms with E-state index in [2.05, 4.69) is 36.4 Å². The molecule has 110 valence electrons. The molecule has 0 fully saturated rings. The normalized spacial score (nSPS) is 12.1. The summed E-state index contributed by atoms with van der Waals surface area (Å²) in [6, 6.07) is 7.21. The number of carbonyl (C=O) groups is 1. The molecule has 20 heavy (non-hydrogen) atoms. The van der Waals surface area contributed by atoms with Gasteiger partial charge in [-0.1, -0.05) is 12.1 Å². The Kier molecular flexibility index (Phi) is 5.55. The summed E-state index contributed by atoms with van der Waals surface area (Å²) in [6.07, 6.45) is 0. The Balaban J connectivity index is 2.81. The van der Waals surface area contributed by atoms with E-state index in [0.717, 1.165) is 18.1 Å². The fraction of sp³-hybridized carbons (Fsp3) is 0.467. The van der Waals surface area contributed by atoms with Crippen LogP contribution in [0.1, 0.15) is 43.6 Å². The van der Waals surface area contributed by atoms with Crippen molar-refractivity contribution < 1.29 is 4.79 Å². The van der Waals surface area contributed by atoms with Gasteiger partial charge in [0.05, 0.1) is 6.54 Å². The summed E-state index contributed by atoms with van der Waals surface area (Å²) in [5.41, 5.74) is 6.67. The third kappa shape index (κ3) is 5.73. The highest BCUT2D eigenvalue weighted by molar-refractivity contribution is 5.92. The van der Waals surface area contributed by atoms with Crippen LogP contribution < -0.4 is 16.4 Å². The fourth-order valence-electron chi connectivity index (χ4n) is 1.66. The van der Waals surface area contributed by atoms with Gasteiger partial charge in [-0.15, -0.1) is 0 Å². The van der Waals surface area contributed by atoms with E-state index in [-0.39, 0.29) is 5.54 Å². The van der Waals surface area contributed by atoms with E-state index in [1.807, 2.05) is 19.1 Å². The van der Waals surface area contributed by atoms with Crippen molar-refractivity contribution in [3.05, 3.63) is 35.4 Å². The molecule has 0 aliphatic heterocycles. The molecule has 1 aromatic rings. The number of guanidine groups is 1. The second kappa shape index (κ2) is 6.93. The molecule has 1 rings (SSSR count). The van der Waals surface area contributed by atoms with Crippen LogP contribution in [0, 0.1) is 0 Å².